The Morgan fingerprint density at radius 2 is 2.00 bits per heavy atom. The van der Waals surface area contributed by atoms with Crippen molar-refractivity contribution in [2.24, 2.45) is 11.8 Å². The summed E-state index contributed by atoms with van der Waals surface area (Å²) in [4.78, 5) is 17.7. The molecule has 3 rings (SSSR count). The zero-order valence-electron chi connectivity index (χ0n) is 18.3. The SMILES string of the molecule is Cc1c(C(=O)c2cnccc2N[C@@H]2C[C@H](CP=O)[C@@H](C)C2)cn(C(C)(C)C)c1C. The molecule has 0 bridgehead atoms. The molecule has 29 heavy (non-hydrogen) atoms. The predicted octanol–water partition coefficient (Wildman–Crippen LogP) is 5.60. The summed E-state index contributed by atoms with van der Waals surface area (Å²) in [6.45, 7) is 12.7. The van der Waals surface area contributed by atoms with Crippen LogP contribution in [0.4, 0.5) is 5.69 Å². The number of nitrogens with zero attached hydrogens (tertiary/aromatic N) is 2. The first-order chi connectivity index (χ1) is 13.6. The van der Waals surface area contributed by atoms with Crippen LogP contribution in [0.1, 0.15) is 67.7 Å². The Hall–Kier alpha value is -2.00. The Balaban J connectivity index is 1.88. The minimum Gasteiger partial charge on any atom is -0.382 e. The van der Waals surface area contributed by atoms with Crippen LogP contribution in [0.3, 0.4) is 0 Å². The first-order valence-corrected chi connectivity index (χ1v) is 11.4. The van der Waals surface area contributed by atoms with E-state index in [-0.39, 0.29) is 25.8 Å². The van der Waals surface area contributed by atoms with Gasteiger partial charge in [0.15, 0.2) is 14.2 Å². The van der Waals surface area contributed by atoms with Crippen LogP contribution in [0.5, 0.6) is 0 Å². The fourth-order valence-electron chi connectivity index (χ4n) is 4.49. The molecule has 0 aliphatic heterocycles. The Morgan fingerprint density at radius 1 is 1.28 bits per heavy atom. The van der Waals surface area contributed by atoms with Crippen LogP contribution in [0, 0.1) is 25.7 Å². The molecule has 1 saturated carbocycles. The van der Waals surface area contributed by atoms with Crippen LogP contribution in [-0.2, 0) is 10.1 Å². The highest BCUT2D eigenvalue weighted by atomic mass is 31.1. The highest BCUT2D eigenvalue weighted by Crippen LogP contribution is 2.36. The number of rotatable bonds is 6. The monoisotopic (exact) mass is 413 g/mol. The van der Waals surface area contributed by atoms with E-state index in [1.165, 1.54) is 0 Å². The summed E-state index contributed by atoms with van der Waals surface area (Å²) in [7, 11) is 0.220. The fraction of sp³-hybridized carbons (Fsp3) is 0.565. The van der Waals surface area contributed by atoms with Gasteiger partial charge in [0.05, 0.1) is 5.56 Å². The molecule has 0 aromatic carbocycles. The number of hydrogen-bond donors (Lipinski definition) is 1. The van der Waals surface area contributed by atoms with Gasteiger partial charge >= 0.3 is 0 Å². The van der Waals surface area contributed by atoms with E-state index in [9.17, 15) is 9.36 Å². The van der Waals surface area contributed by atoms with Crippen molar-refractivity contribution < 1.29 is 9.36 Å². The van der Waals surface area contributed by atoms with E-state index in [1.807, 2.05) is 19.2 Å². The summed E-state index contributed by atoms with van der Waals surface area (Å²) >= 11 is 0. The number of hydrogen-bond acceptors (Lipinski definition) is 4. The van der Waals surface area contributed by atoms with Gasteiger partial charge in [0, 0.05) is 53.3 Å². The summed E-state index contributed by atoms with van der Waals surface area (Å²) in [5, 5.41) is 3.58. The van der Waals surface area contributed by atoms with Crippen LogP contribution < -0.4 is 5.32 Å². The lowest BCUT2D eigenvalue weighted by Crippen LogP contribution is -2.22. The first kappa shape index (κ1) is 21.7. The van der Waals surface area contributed by atoms with Gasteiger partial charge in [-0.25, -0.2) is 0 Å². The number of aromatic nitrogens is 2. The summed E-state index contributed by atoms with van der Waals surface area (Å²) in [6.07, 6.45) is 8.08. The molecule has 1 aliphatic carbocycles. The average molecular weight is 414 g/mol. The molecule has 6 heteroatoms. The second-order valence-corrected chi connectivity index (χ2v) is 10.0. The maximum atomic E-state index is 13.4. The zero-order valence-corrected chi connectivity index (χ0v) is 19.2. The molecule has 1 fully saturated rings. The Bertz CT molecular complexity index is 913. The lowest BCUT2D eigenvalue weighted by atomic mass is 10.0. The number of pyridine rings is 1. The van der Waals surface area contributed by atoms with Crippen molar-refractivity contribution in [1.82, 2.24) is 9.55 Å². The van der Waals surface area contributed by atoms with E-state index < -0.39 is 0 Å². The van der Waals surface area contributed by atoms with Crippen LogP contribution in [0.15, 0.2) is 24.7 Å². The van der Waals surface area contributed by atoms with E-state index >= 15 is 0 Å². The van der Waals surface area contributed by atoms with Crippen LogP contribution in [0.25, 0.3) is 0 Å². The van der Waals surface area contributed by atoms with Crippen molar-refractivity contribution in [3.8, 4) is 0 Å². The van der Waals surface area contributed by atoms with Crippen LogP contribution >= 0.6 is 8.46 Å². The molecule has 2 heterocycles. The molecule has 0 radical (unpaired) electrons. The smallest absolute Gasteiger partial charge is 0.198 e. The van der Waals surface area contributed by atoms with Crippen molar-refractivity contribution in [3.63, 3.8) is 0 Å². The molecular weight excluding hydrogens is 381 g/mol. The van der Waals surface area contributed by atoms with Crippen LogP contribution in [0.2, 0.25) is 0 Å². The van der Waals surface area contributed by atoms with Gasteiger partial charge in [-0.15, -0.1) is 0 Å². The standard InChI is InChI=1S/C23H32N3O2P/c1-14-9-18(10-17(14)13-29-28)25-21-7-8-24-11-19(21)22(27)20-12-26(23(4,5)6)16(3)15(20)2/h7-8,11-12,14,17-18H,9-10,13H2,1-6H3,(H,24,25)/t14-,17+,18-/m0/s1. The predicted molar refractivity (Wildman–Crippen MR) is 118 cm³/mol. The Kier molecular flexibility index (Phi) is 6.28. The Morgan fingerprint density at radius 3 is 2.62 bits per heavy atom. The summed E-state index contributed by atoms with van der Waals surface area (Å²) < 4.78 is 13.2. The minimum absolute atomic E-state index is 0.00451. The van der Waals surface area contributed by atoms with Crippen molar-refractivity contribution in [2.45, 2.75) is 66.0 Å². The topological polar surface area (TPSA) is 64.0 Å². The van der Waals surface area contributed by atoms with Gasteiger partial charge in [-0.2, -0.15) is 0 Å². The van der Waals surface area contributed by atoms with Gasteiger partial charge < -0.3 is 9.88 Å². The zero-order chi connectivity index (χ0) is 21.3. The molecule has 0 amide bonds. The van der Waals surface area contributed by atoms with E-state index in [1.54, 1.807) is 12.4 Å². The molecule has 3 atom stereocenters. The number of ketones is 1. The summed E-state index contributed by atoms with van der Waals surface area (Å²) in [5.41, 5.74) is 4.23. The van der Waals surface area contributed by atoms with E-state index in [0.717, 1.165) is 35.3 Å². The highest BCUT2D eigenvalue weighted by molar-refractivity contribution is 7.23. The van der Waals surface area contributed by atoms with Gasteiger partial charge in [-0.1, -0.05) is 6.92 Å². The largest absolute Gasteiger partial charge is 0.382 e. The third-order valence-corrected chi connectivity index (χ3v) is 6.93. The molecule has 0 unspecified atom stereocenters. The molecule has 5 nitrogen and oxygen atoms in total. The molecule has 2 aromatic rings. The summed E-state index contributed by atoms with van der Waals surface area (Å²) in [6, 6.07) is 2.17. The van der Waals surface area contributed by atoms with Gasteiger partial charge in [-0.3, -0.25) is 14.3 Å². The lowest BCUT2D eigenvalue weighted by Gasteiger charge is -2.23. The maximum absolute atomic E-state index is 13.4. The fourth-order valence-corrected chi connectivity index (χ4v) is 5.19. The number of carbonyl (C=O) groups is 1. The molecule has 2 aromatic heterocycles. The average Bonchev–Trinajstić information content (AvgIpc) is 3.15. The molecule has 0 saturated heterocycles. The normalized spacial score (nSPS) is 22.2. The van der Waals surface area contributed by atoms with E-state index in [4.69, 9.17) is 0 Å². The van der Waals surface area contributed by atoms with E-state index in [2.05, 4.69) is 49.5 Å². The third kappa shape index (κ3) is 4.45. The molecule has 0 spiro atoms. The van der Waals surface area contributed by atoms with Crippen LogP contribution in [-0.4, -0.2) is 27.5 Å². The van der Waals surface area contributed by atoms with Gasteiger partial charge in [0.25, 0.3) is 0 Å². The quantitative estimate of drug-likeness (QED) is 0.494. The summed E-state index contributed by atoms with van der Waals surface area (Å²) in [5.74, 6) is 0.990. The second-order valence-electron chi connectivity index (χ2n) is 9.41. The van der Waals surface area contributed by atoms with Gasteiger partial charge in [-0.05, 0) is 70.9 Å². The van der Waals surface area contributed by atoms with Crippen molar-refractivity contribution >= 4 is 19.9 Å². The minimum atomic E-state index is -0.0840. The van der Waals surface area contributed by atoms with Gasteiger partial charge in [0.1, 0.15) is 0 Å². The molecule has 1 aliphatic rings. The maximum Gasteiger partial charge on any atom is 0.198 e. The molecular formula is C23H32N3O2P. The lowest BCUT2D eigenvalue weighted by molar-refractivity contribution is 0.103. The number of anilines is 1. The molecule has 1 N–H and O–H groups in total. The number of nitrogens with one attached hydrogen (secondary N) is 1. The van der Waals surface area contributed by atoms with Crippen molar-refractivity contribution in [1.29, 1.82) is 0 Å². The third-order valence-electron chi connectivity index (χ3n) is 6.32. The van der Waals surface area contributed by atoms with Crippen molar-refractivity contribution in [3.05, 3.63) is 47.0 Å². The first-order valence-electron chi connectivity index (χ1n) is 10.4. The number of carbonyl (C=O) groups excluding carboxylic acids is 1. The molecule has 156 valence electrons. The Labute approximate surface area is 175 Å². The van der Waals surface area contributed by atoms with Gasteiger partial charge in [0.2, 0.25) is 0 Å². The van der Waals surface area contributed by atoms with E-state index in [0.29, 0.717) is 23.6 Å². The second kappa shape index (κ2) is 8.39. The van der Waals surface area contributed by atoms with Crippen molar-refractivity contribution in [2.75, 3.05) is 11.5 Å². The highest BCUT2D eigenvalue weighted by Gasteiger charge is 2.32.